The number of benzene rings is 2. The van der Waals surface area contributed by atoms with Gasteiger partial charge in [0.1, 0.15) is 5.82 Å². The van der Waals surface area contributed by atoms with Crippen molar-refractivity contribution >= 4 is 28.5 Å². The van der Waals surface area contributed by atoms with Crippen LogP contribution in [-0.4, -0.2) is 82.9 Å². The van der Waals surface area contributed by atoms with Gasteiger partial charge in [-0.05, 0) is 30.3 Å². The van der Waals surface area contributed by atoms with Gasteiger partial charge < -0.3 is 28.8 Å². The van der Waals surface area contributed by atoms with Crippen molar-refractivity contribution in [1.82, 2.24) is 24.9 Å². The van der Waals surface area contributed by atoms with Gasteiger partial charge in [0.05, 0.1) is 30.9 Å². The Kier molecular flexibility index (Phi) is 6.30. The van der Waals surface area contributed by atoms with Crippen LogP contribution < -0.4 is 9.47 Å². The van der Waals surface area contributed by atoms with Gasteiger partial charge in [-0.25, -0.2) is 4.39 Å². The molecule has 0 saturated carbocycles. The minimum absolute atomic E-state index is 0.0312. The van der Waals surface area contributed by atoms with E-state index in [0.29, 0.717) is 22.6 Å². The lowest BCUT2D eigenvalue weighted by Crippen LogP contribution is -2.52. The summed E-state index contributed by atoms with van der Waals surface area (Å²) in [4.78, 5) is 48.9. The number of fused-ring (bicyclic) bond motifs is 1. The number of aromatic amines is 1. The summed E-state index contributed by atoms with van der Waals surface area (Å²) in [5.41, 5.74) is 0.996. The molecule has 1 aliphatic rings. The third-order valence-corrected chi connectivity index (χ3v) is 6.30. The summed E-state index contributed by atoms with van der Waals surface area (Å²) in [6.45, 7) is 0.773. The lowest BCUT2D eigenvalue weighted by molar-refractivity contribution is -0.127. The number of aromatic nitrogens is 3. The molecular weight excluding hydrogens is 485 g/mol. The first-order chi connectivity index (χ1) is 17.9. The molecule has 0 bridgehead atoms. The van der Waals surface area contributed by atoms with E-state index in [1.165, 1.54) is 43.8 Å². The van der Waals surface area contributed by atoms with Crippen molar-refractivity contribution in [2.45, 2.75) is 0 Å². The zero-order chi connectivity index (χ0) is 26.1. The van der Waals surface area contributed by atoms with Gasteiger partial charge in [-0.2, -0.15) is 4.98 Å². The molecule has 0 atom stereocenters. The quantitative estimate of drug-likeness (QED) is 0.311. The van der Waals surface area contributed by atoms with Crippen LogP contribution in [0.3, 0.4) is 0 Å². The van der Waals surface area contributed by atoms with Crippen LogP contribution in [0, 0.1) is 5.82 Å². The minimum Gasteiger partial charge on any atom is -0.493 e. The maximum absolute atomic E-state index is 14.7. The Hall–Kier alpha value is -4.74. The summed E-state index contributed by atoms with van der Waals surface area (Å²) < 4.78 is 30.3. The Morgan fingerprint density at radius 3 is 2.41 bits per heavy atom. The Morgan fingerprint density at radius 2 is 1.73 bits per heavy atom. The van der Waals surface area contributed by atoms with Crippen LogP contribution in [0.25, 0.3) is 22.4 Å². The largest absolute Gasteiger partial charge is 0.493 e. The van der Waals surface area contributed by atoms with Gasteiger partial charge in [0.25, 0.3) is 23.5 Å². The van der Waals surface area contributed by atoms with Crippen LogP contribution in [0.4, 0.5) is 4.39 Å². The zero-order valence-corrected chi connectivity index (χ0v) is 20.0. The normalized spacial score (nSPS) is 13.6. The number of rotatable bonds is 6. The van der Waals surface area contributed by atoms with Gasteiger partial charge in [-0.15, -0.1) is 0 Å². The van der Waals surface area contributed by atoms with E-state index < -0.39 is 17.5 Å². The van der Waals surface area contributed by atoms with Crippen LogP contribution in [0.5, 0.6) is 11.5 Å². The first kappa shape index (κ1) is 24.0. The number of Topliss-reactive ketones (excluding diaryl/α,β-unsaturated/α-hetero) is 1. The number of hydrogen-bond acceptors (Lipinski definition) is 8. The van der Waals surface area contributed by atoms with E-state index in [9.17, 15) is 18.8 Å². The summed E-state index contributed by atoms with van der Waals surface area (Å²) in [7, 11) is 2.99. The van der Waals surface area contributed by atoms with Crippen molar-refractivity contribution in [1.29, 1.82) is 0 Å². The Balaban J connectivity index is 1.30. The molecule has 1 saturated heterocycles. The number of carbonyl (C=O) groups excluding carboxylic acids is 3. The summed E-state index contributed by atoms with van der Waals surface area (Å²) in [6, 6.07) is 7.51. The standard InChI is InChI=1S/C25H22FN5O6/c1-35-18-6-3-14(11-19(18)36-2)24(33)30-7-9-31(10-8-30)25(34)22(32)16-12-27-21-15(23-28-13-29-37-23)4-5-17(26)20(16)21/h3-6,11-13,27H,7-10H2,1-2H3. The second kappa shape index (κ2) is 9.72. The van der Waals surface area contributed by atoms with Gasteiger partial charge in [0.2, 0.25) is 0 Å². The molecule has 4 aromatic rings. The van der Waals surface area contributed by atoms with E-state index in [2.05, 4.69) is 15.1 Å². The lowest BCUT2D eigenvalue weighted by atomic mass is 10.0. The molecule has 190 valence electrons. The highest BCUT2D eigenvalue weighted by Crippen LogP contribution is 2.31. The molecule has 12 heteroatoms. The first-order valence-electron chi connectivity index (χ1n) is 11.3. The fraction of sp³-hybridized carbons (Fsp3) is 0.240. The molecule has 37 heavy (non-hydrogen) atoms. The highest BCUT2D eigenvalue weighted by atomic mass is 19.1. The Bertz CT molecular complexity index is 1490. The van der Waals surface area contributed by atoms with Gasteiger partial charge >= 0.3 is 0 Å². The highest BCUT2D eigenvalue weighted by Gasteiger charge is 2.31. The van der Waals surface area contributed by atoms with Crippen LogP contribution in [0.2, 0.25) is 0 Å². The molecule has 1 fully saturated rings. The number of hydrogen-bond donors (Lipinski definition) is 1. The van der Waals surface area contributed by atoms with Crippen LogP contribution >= 0.6 is 0 Å². The van der Waals surface area contributed by atoms with Crippen LogP contribution in [0.15, 0.2) is 47.4 Å². The van der Waals surface area contributed by atoms with Crippen molar-refractivity contribution in [3.8, 4) is 23.0 Å². The molecule has 0 unspecified atom stereocenters. The van der Waals surface area contributed by atoms with Gasteiger partial charge in [0.15, 0.2) is 17.8 Å². The van der Waals surface area contributed by atoms with Crippen molar-refractivity contribution in [3.63, 3.8) is 0 Å². The van der Waals surface area contributed by atoms with Gasteiger partial charge in [-0.3, -0.25) is 14.4 Å². The number of ether oxygens (including phenoxy) is 2. The minimum atomic E-state index is -0.854. The lowest BCUT2D eigenvalue weighted by Gasteiger charge is -2.34. The smallest absolute Gasteiger partial charge is 0.295 e. The number of nitrogens with zero attached hydrogens (tertiary/aromatic N) is 4. The summed E-state index contributed by atoms with van der Waals surface area (Å²) >= 11 is 0. The summed E-state index contributed by atoms with van der Waals surface area (Å²) in [5.74, 6) is -1.44. The molecule has 0 aliphatic carbocycles. The Morgan fingerprint density at radius 1 is 1.00 bits per heavy atom. The third-order valence-electron chi connectivity index (χ3n) is 6.30. The maximum Gasteiger partial charge on any atom is 0.295 e. The number of halogens is 1. The van der Waals surface area contributed by atoms with Crippen molar-refractivity contribution in [2.24, 2.45) is 0 Å². The molecule has 2 aromatic carbocycles. The van der Waals surface area contributed by atoms with Gasteiger partial charge in [0, 0.05) is 43.3 Å². The number of ketones is 1. The Labute approximate surface area is 209 Å². The van der Waals surface area contributed by atoms with Crippen molar-refractivity contribution in [3.05, 3.63) is 59.8 Å². The number of nitrogens with one attached hydrogen (secondary N) is 1. The predicted octanol–water partition coefficient (Wildman–Crippen LogP) is 2.54. The molecule has 1 aliphatic heterocycles. The predicted molar refractivity (Wildman–Crippen MR) is 128 cm³/mol. The fourth-order valence-corrected chi connectivity index (χ4v) is 4.38. The molecule has 1 N–H and O–H groups in total. The average Bonchev–Trinajstić information content (AvgIpc) is 3.63. The number of piperazine rings is 1. The molecule has 3 heterocycles. The van der Waals surface area contributed by atoms with E-state index in [1.807, 2.05) is 0 Å². The van der Waals surface area contributed by atoms with E-state index in [-0.39, 0.29) is 54.4 Å². The molecular formula is C25H22FN5O6. The molecule has 2 amide bonds. The SMILES string of the molecule is COc1ccc(C(=O)N2CCN(C(=O)C(=O)c3c[nH]c4c(-c5ncno5)ccc(F)c34)CC2)cc1OC. The van der Waals surface area contributed by atoms with E-state index in [4.69, 9.17) is 14.0 Å². The van der Waals surface area contributed by atoms with Crippen LogP contribution in [0.1, 0.15) is 20.7 Å². The van der Waals surface area contributed by atoms with Crippen molar-refractivity contribution < 1.29 is 32.8 Å². The third kappa shape index (κ3) is 4.26. The van der Waals surface area contributed by atoms with Crippen LogP contribution in [-0.2, 0) is 4.79 Å². The molecule has 0 radical (unpaired) electrons. The maximum atomic E-state index is 14.7. The number of methoxy groups -OCH3 is 2. The van der Waals surface area contributed by atoms with E-state index in [1.54, 1.807) is 23.1 Å². The van der Waals surface area contributed by atoms with Gasteiger partial charge in [-0.1, -0.05) is 5.16 Å². The van der Waals surface area contributed by atoms with Crippen molar-refractivity contribution in [2.75, 3.05) is 40.4 Å². The second-order valence-corrected chi connectivity index (χ2v) is 8.28. The molecule has 2 aromatic heterocycles. The molecule has 0 spiro atoms. The molecule has 5 rings (SSSR count). The fourth-order valence-electron chi connectivity index (χ4n) is 4.38. The zero-order valence-electron chi connectivity index (χ0n) is 20.0. The number of H-pyrrole nitrogens is 1. The monoisotopic (exact) mass is 507 g/mol. The topological polar surface area (TPSA) is 131 Å². The molecule has 11 nitrogen and oxygen atoms in total. The first-order valence-corrected chi connectivity index (χ1v) is 11.3. The second-order valence-electron chi connectivity index (χ2n) is 8.28. The number of carbonyl (C=O) groups is 3. The average molecular weight is 507 g/mol. The number of amides is 2. The summed E-state index contributed by atoms with van der Waals surface area (Å²) in [6.07, 6.45) is 2.50. The van der Waals surface area contributed by atoms with E-state index >= 15 is 0 Å². The van der Waals surface area contributed by atoms with E-state index in [0.717, 1.165) is 0 Å². The summed E-state index contributed by atoms with van der Waals surface area (Å²) in [5, 5.41) is 3.52. The highest BCUT2D eigenvalue weighted by molar-refractivity contribution is 6.45.